The summed E-state index contributed by atoms with van der Waals surface area (Å²) in [7, 11) is -3.59. The van der Waals surface area contributed by atoms with Gasteiger partial charge in [-0.2, -0.15) is 0 Å². The molecular formula is C20H16O2S. The van der Waals surface area contributed by atoms with E-state index in [4.69, 9.17) is 0 Å². The van der Waals surface area contributed by atoms with Crippen LogP contribution in [0.15, 0.2) is 95.9 Å². The molecule has 3 heteroatoms. The van der Waals surface area contributed by atoms with Crippen molar-refractivity contribution in [3.05, 3.63) is 102 Å². The Balaban J connectivity index is 2.19. The molecule has 0 fully saturated rings. The molecule has 0 saturated carbocycles. The molecule has 0 heterocycles. The Bertz CT molecular complexity index is 898. The number of hydrogen-bond donors (Lipinski definition) is 0. The summed E-state index contributed by atoms with van der Waals surface area (Å²) in [5, 5.41) is 0. The molecule has 0 spiro atoms. The molecule has 0 N–H and O–H groups in total. The van der Waals surface area contributed by atoms with Gasteiger partial charge in [0.1, 0.15) is 0 Å². The molecule has 0 unspecified atom stereocenters. The molecule has 3 rings (SSSR count). The molecule has 0 amide bonds. The maximum Gasteiger partial charge on any atom is 0.207 e. The van der Waals surface area contributed by atoms with E-state index in [1.165, 1.54) is 0 Å². The first-order valence-electron chi connectivity index (χ1n) is 7.30. The van der Waals surface area contributed by atoms with Crippen molar-refractivity contribution in [2.75, 3.05) is 0 Å². The zero-order valence-corrected chi connectivity index (χ0v) is 13.3. The molecule has 0 aliphatic carbocycles. The lowest BCUT2D eigenvalue weighted by Gasteiger charge is -2.10. The monoisotopic (exact) mass is 320 g/mol. The van der Waals surface area contributed by atoms with E-state index < -0.39 is 9.84 Å². The van der Waals surface area contributed by atoms with Gasteiger partial charge in [0.2, 0.25) is 9.84 Å². The Labute approximate surface area is 136 Å². The molecule has 3 aromatic carbocycles. The first kappa shape index (κ1) is 15.3. The van der Waals surface area contributed by atoms with E-state index in [1.807, 2.05) is 66.7 Å². The fourth-order valence-electron chi connectivity index (χ4n) is 2.35. The van der Waals surface area contributed by atoms with Crippen LogP contribution in [0.4, 0.5) is 0 Å². The van der Waals surface area contributed by atoms with Crippen LogP contribution in [0.5, 0.6) is 0 Å². The summed E-state index contributed by atoms with van der Waals surface area (Å²) < 4.78 is 26.1. The summed E-state index contributed by atoms with van der Waals surface area (Å²) >= 11 is 0. The highest BCUT2D eigenvalue weighted by Gasteiger charge is 2.21. The maximum atomic E-state index is 13.1. The molecule has 0 aliphatic rings. The fraction of sp³-hybridized carbons (Fsp3) is 0. The molecule has 0 aromatic heterocycles. The topological polar surface area (TPSA) is 34.1 Å². The molecule has 0 saturated heterocycles. The van der Waals surface area contributed by atoms with Crippen LogP contribution in [0.1, 0.15) is 11.1 Å². The second kappa shape index (κ2) is 6.63. The minimum absolute atomic E-state index is 0.297. The quantitative estimate of drug-likeness (QED) is 0.655. The lowest BCUT2D eigenvalue weighted by atomic mass is 10.1. The number of hydrogen-bond acceptors (Lipinski definition) is 2. The fourth-order valence-corrected chi connectivity index (χ4v) is 3.85. The van der Waals surface area contributed by atoms with E-state index in [0.717, 1.165) is 5.56 Å². The van der Waals surface area contributed by atoms with Crippen LogP contribution in [0.25, 0.3) is 11.0 Å². The van der Waals surface area contributed by atoms with Gasteiger partial charge in [-0.1, -0.05) is 78.9 Å². The van der Waals surface area contributed by atoms with Crippen LogP contribution in [0.2, 0.25) is 0 Å². The van der Waals surface area contributed by atoms with Crippen LogP contribution in [-0.4, -0.2) is 8.42 Å². The summed E-state index contributed by atoms with van der Waals surface area (Å²) in [4.78, 5) is 0.599. The molecule has 114 valence electrons. The molecule has 0 atom stereocenters. The zero-order valence-electron chi connectivity index (χ0n) is 12.5. The van der Waals surface area contributed by atoms with Crippen molar-refractivity contribution in [3.63, 3.8) is 0 Å². The van der Waals surface area contributed by atoms with Gasteiger partial charge in [-0.25, -0.2) is 8.42 Å². The Morgan fingerprint density at radius 2 is 1.13 bits per heavy atom. The highest BCUT2D eigenvalue weighted by molar-refractivity contribution is 8.00. The van der Waals surface area contributed by atoms with E-state index in [9.17, 15) is 8.42 Å². The van der Waals surface area contributed by atoms with E-state index in [-0.39, 0.29) is 0 Å². The van der Waals surface area contributed by atoms with Crippen LogP contribution in [-0.2, 0) is 9.84 Å². The highest BCUT2D eigenvalue weighted by Crippen LogP contribution is 2.29. The van der Waals surface area contributed by atoms with Crippen molar-refractivity contribution in [2.24, 2.45) is 0 Å². The Morgan fingerprint density at radius 1 is 0.652 bits per heavy atom. The first-order valence-corrected chi connectivity index (χ1v) is 8.78. The van der Waals surface area contributed by atoms with Crippen LogP contribution in [0, 0.1) is 0 Å². The second-order valence-electron chi connectivity index (χ2n) is 5.10. The number of sulfone groups is 1. The van der Waals surface area contributed by atoms with Crippen molar-refractivity contribution >= 4 is 20.8 Å². The second-order valence-corrected chi connectivity index (χ2v) is 7.02. The van der Waals surface area contributed by atoms with Gasteiger partial charge in [-0.05, 0) is 29.3 Å². The normalized spacial score (nSPS) is 12.1. The molecule has 2 nitrogen and oxygen atoms in total. The molecule has 0 bridgehead atoms. The van der Waals surface area contributed by atoms with Gasteiger partial charge in [0.15, 0.2) is 0 Å². The third-order valence-corrected chi connectivity index (χ3v) is 5.32. The van der Waals surface area contributed by atoms with Gasteiger partial charge in [-0.15, -0.1) is 0 Å². The highest BCUT2D eigenvalue weighted by atomic mass is 32.2. The van der Waals surface area contributed by atoms with Gasteiger partial charge in [-0.3, -0.25) is 0 Å². The summed E-state index contributed by atoms with van der Waals surface area (Å²) in [5.74, 6) is 0. The van der Waals surface area contributed by atoms with Crippen LogP contribution < -0.4 is 0 Å². The van der Waals surface area contributed by atoms with Crippen molar-refractivity contribution in [1.82, 2.24) is 0 Å². The minimum Gasteiger partial charge on any atom is -0.218 e. The summed E-state index contributed by atoms with van der Waals surface area (Å²) in [6.45, 7) is 0. The van der Waals surface area contributed by atoms with E-state index in [1.54, 1.807) is 30.3 Å². The van der Waals surface area contributed by atoms with Crippen molar-refractivity contribution in [2.45, 2.75) is 4.90 Å². The van der Waals surface area contributed by atoms with E-state index in [2.05, 4.69) is 0 Å². The number of benzene rings is 3. The molecule has 3 aromatic rings. The lowest BCUT2D eigenvalue weighted by molar-refractivity contribution is 0.606. The molecule has 23 heavy (non-hydrogen) atoms. The molecule has 0 radical (unpaired) electrons. The SMILES string of the molecule is O=S(=O)(/C(=C\c1ccccc1)c1ccccc1)c1ccccc1. The standard InChI is InChI=1S/C20H16O2S/c21-23(22,19-14-8-3-9-15-19)20(18-12-6-2-7-13-18)16-17-10-4-1-5-11-17/h1-16H/b20-16-. The van der Waals surface area contributed by atoms with Crippen LogP contribution in [0.3, 0.4) is 0 Å². The molecule has 0 aliphatic heterocycles. The van der Waals surface area contributed by atoms with Crippen molar-refractivity contribution < 1.29 is 8.42 Å². The Hall–Kier alpha value is -2.65. The largest absolute Gasteiger partial charge is 0.218 e. The Kier molecular flexibility index (Phi) is 4.40. The van der Waals surface area contributed by atoms with Gasteiger partial charge < -0.3 is 0 Å². The predicted molar refractivity (Wildman–Crippen MR) is 94.4 cm³/mol. The predicted octanol–water partition coefficient (Wildman–Crippen LogP) is 4.66. The van der Waals surface area contributed by atoms with Gasteiger partial charge in [0, 0.05) is 0 Å². The molecular weight excluding hydrogens is 304 g/mol. The Morgan fingerprint density at radius 3 is 1.70 bits per heavy atom. The van der Waals surface area contributed by atoms with E-state index >= 15 is 0 Å². The summed E-state index contributed by atoms with van der Waals surface area (Å²) in [5.41, 5.74) is 1.53. The summed E-state index contributed by atoms with van der Waals surface area (Å²) in [6.07, 6.45) is 1.72. The van der Waals surface area contributed by atoms with Gasteiger partial charge >= 0.3 is 0 Å². The zero-order chi connectivity index (χ0) is 16.1. The minimum atomic E-state index is -3.59. The number of rotatable bonds is 4. The van der Waals surface area contributed by atoms with E-state index in [0.29, 0.717) is 15.4 Å². The average Bonchev–Trinajstić information content (AvgIpc) is 2.62. The van der Waals surface area contributed by atoms with Gasteiger partial charge in [0.05, 0.1) is 9.80 Å². The van der Waals surface area contributed by atoms with Crippen molar-refractivity contribution in [3.8, 4) is 0 Å². The smallest absolute Gasteiger partial charge is 0.207 e. The third kappa shape index (κ3) is 3.41. The first-order chi connectivity index (χ1) is 11.2. The third-order valence-electron chi connectivity index (χ3n) is 3.50. The average molecular weight is 320 g/mol. The summed E-state index contributed by atoms with van der Waals surface area (Å²) in [6, 6.07) is 27.2. The lowest BCUT2D eigenvalue weighted by Crippen LogP contribution is -2.04. The van der Waals surface area contributed by atoms with Crippen molar-refractivity contribution in [1.29, 1.82) is 0 Å². The maximum absolute atomic E-state index is 13.1. The van der Waals surface area contributed by atoms with Crippen LogP contribution >= 0.6 is 0 Å². The van der Waals surface area contributed by atoms with Gasteiger partial charge in [0.25, 0.3) is 0 Å².